The molecule has 1 unspecified atom stereocenters. The van der Waals surface area contributed by atoms with Crippen molar-refractivity contribution < 1.29 is 24.2 Å². The Morgan fingerprint density at radius 2 is 1.60 bits per heavy atom. The quantitative estimate of drug-likeness (QED) is 0.453. The third kappa shape index (κ3) is 7.05. The number of alkyl carbamates (subject to hydrolysis) is 1. The predicted molar refractivity (Wildman–Crippen MR) is 134 cm³/mol. The Balaban J connectivity index is 1.65. The largest absolute Gasteiger partial charge is 0.481 e. The maximum absolute atomic E-state index is 13.0. The van der Waals surface area contributed by atoms with Crippen LogP contribution in [0.2, 0.25) is 0 Å². The lowest BCUT2D eigenvalue weighted by molar-refractivity contribution is -0.138. The molecule has 0 heterocycles. The molecule has 0 aromatic heterocycles. The van der Waals surface area contributed by atoms with Gasteiger partial charge in [0.25, 0.3) is 0 Å². The smallest absolute Gasteiger partial charge is 0.407 e. The van der Waals surface area contributed by atoms with Gasteiger partial charge in [-0.25, -0.2) is 4.79 Å². The molecule has 0 spiro atoms. The van der Waals surface area contributed by atoms with Crippen molar-refractivity contribution in [2.45, 2.75) is 50.6 Å². The van der Waals surface area contributed by atoms with Crippen LogP contribution in [0.5, 0.6) is 0 Å². The van der Waals surface area contributed by atoms with Crippen LogP contribution in [0.1, 0.15) is 50.2 Å². The molecule has 1 aliphatic rings. The Labute approximate surface area is 206 Å². The van der Waals surface area contributed by atoms with E-state index in [9.17, 15) is 14.4 Å². The van der Waals surface area contributed by atoms with Gasteiger partial charge in [-0.15, -0.1) is 0 Å². The summed E-state index contributed by atoms with van der Waals surface area (Å²) >= 11 is 0. The normalized spacial score (nSPS) is 13.6. The van der Waals surface area contributed by atoms with Gasteiger partial charge in [-0.2, -0.15) is 0 Å². The molecule has 0 aliphatic heterocycles. The number of hydrogen-bond acceptors (Lipinski definition) is 5. The Morgan fingerprint density at radius 1 is 1.03 bits per heavy atom. The fraction of sp³-hybridized carbons (Fsp3) is 0.444. The molecule has 0 saturated heterocycles. The lowest BCUT2D eigenvalue weighted by atomic mass is 9.97. The topological polar surface area (TPSA) is 108 Å². The number of ether oxygens (including phenoxy) is 1. The van der Waals surface area contributed by atoms with Crippen LogP contribution in [-0.4, -0.2) is 66.8 Å². The maximum Gasteiger partial charge on any atom is 0.407 e. The molecule has 8 nitrogen and oxygen atoms in total. The van der Waals surface area contributed by atoms with Gasteiger partial charge >= 0.3 is 12.1 Å². The van der Waals surface area contributed by atoms with E-state index in [2.05, 4.69) is 22.8 Å². The van der Waals surface area contributed by atoms with Crippen LogP contribution in [0.3, 0.4) is 0 Å². The molecule has 0 fully saturated rings. The summed E-state index contributed by atoms with van der Waals surface area (Å²) in [7, 11) is 3.78. The van der Waals surface area contributed by atoms with Gasteiger partial charge in [-0.1, -0.05) is 48.5 Å². The van der Waals surface area contributed by atoms with Gasteiger partial charge in [0.15, 0.2) is 0 Å². The van der Waals surface area contributed by atoms with Crippen molar-refractivity contribution in [3.8, 4) is 11.1 Å². The van der Waals surface area contributed by atoms with E-state index < -0.39 is 23.6 Å². The van der Waals surface area contributed by atoms with Crippen molar-refractivity contribution in [3.63, 3.8) is 0 Å². The van der Waals surface area contributed by atoms with E-state index in [-0.39, 0.29) is 31.3 Å². The minimum absolute atomic E-state index is 0.0601. The molecule has 2 aromatic carbocycles. The molecule has 2 aromatic rings. The number of amides is 2. The fourth-order valence-electron chi connectivity index (χ4n) is 4.34. The zero-order valence-electron chi connectivity index (χ0n) is 20.8. The monoisotopic (exact) mass is 481 g/mol. The van der Waals surface area contributed by atoms with E-state index in [0.29, 0.717) is 13.0 Å². The molecule has 0 bridgehead atoms. The molecule has 35 heavy (non-hydrogen) atoms. The van der Waals surface area contributed by atoms with Gasteiger partial charge < -0.3 is 25.4 Å². The molecule has 3 rings (SSSR count). The Hall–Kier alpha value is -3.39. The number of carbonyl (C=O) groups excluding carboxylic acids is 2. The van der Waals surface area contributed by atoms with E-state index in [1.807, 2.05) is 55.4 Å². The van der Waals surface area contributed by atoms with Crippen LogP contribution in [0, 0.1) is 0 Å². The summed E-state index contributed by atoms with van der Waals surface area (Å²) in [6.07, 6.45) is -0.0542. The lowest BCUT2D eigenvalue weighted by Crippen LogP contribution is -2.54. The highest BCUT2D eigenvalue weighted by Crippen LogP contribution is 2.44. The van der Waals surface area contributed by atoms with E-state index in [4.69, 9.17) is 9.84 Å². The molecule has 188 valence electrons. The second kappa shape index (κ2) is 11.4. The summed E-state index contributed by atoms with van der Waals surface area (Å²) in [5, 5.41) is 14.6. The number of carboxylic acids is 1. The van der Waals surface area contributed by atoms with Crippen molar-refractivity contribution in [3.05, 3.63) is 59.7 Å². The maximum atomic E-state index is 13.0. The average molecular weight is 482 g/mol. The Bertz CT molecular complexity index is 1020. The molecule has 3 N–H and O–H groups in total. The van der Waals surface area contributed by atoms with Gasteiger partial charge in [0.05, 0.1) is 0 Å². The molecular weight excluding hydrogens is 446 g/mol. The Kier molecular flexibility index (Phi) is 8.51. The van der Waals surface area contributed by atoms with Gasteiger partial charge in [0.1, 0.15) is 12.6 Å². The number of carbonyl (C=O) groups is 3. The lowest BCUT2D eigenvalue weighted by Gasteiger charge is -2.29. The van der Waals surface area contributed by atoms with Crippen molar-refractivity contribution >= 4 is 18.0 Å². The van der Waals surface area contributed by atoms with Crippen LogP contribution in [0.15, 0.2) is 48.5 Å². The van der Waals surface area contributed by atoms with Crippen LogP contribution in [0.4, 0.5) is 4.79 Å². The number of nitrogens with zero attached hydrogens (tertiary/aromatic N) is 1. The summed E-state index contributed by atoms with van der Waals surface area (Å²) in [6.45, 7) is 4.28. The first kappa shape index (κ1) is 26.2. The molecule has 1 aliphatic carbocycles. The summed E-state index contributed by atoms with van der Waals surface area (Å²) in [4.78, 5) is 38.6. The average Bonchev–Trinajstić information content (AvgIpc) is 3.12. The fourth-order valence-corrected chi connectivity index (χ4v) is 4.34. The first-order valence-electron chi connectivity index (χ1n) is 11.9. The van der Waals surface area contributed by atoms with Crippen LogP contribution < -0.4 is 10.6 Å². The van der Waals surface area contributed by atoms with E-state index in [1.54, 1.807) is 13.8 Å². The summed E-state index contributed by atoms with van der Waals surface area (Å²) in [5.74, 6) is -1.36. The SMILES string of the molecule is CN(C)CCC(NC(=O)OCC1c2ccccc2-c2ccccc21)C(=O)NC(C)(C)CCC(=O)O. The number of carboxylic acid groups (broad SMARTS) is 1. The van der Waals surface area contributed by atoms with Gasteiger partial charge in [0.2, 0.25) is 5.91 Å². The highest BCUT2D eigenvalue weighted by atomic mass is 16.5. The van der Waals surface area contributed by atoms with E-state index in [1.165, 1.54) is 0 Å². The molecule has 0 radical (unpaired) electrons. The standard InChI is InChI=1S/C27H35N3O5/c1-27(2,15-13-24(31)32)29-25(33)23(14-16-30(3)4)28-26(34)35-17-22-20-11-7-5-9-18(20)19-10-6-8-12-21(19)22/h5-12,22-23H,13-17H2,1-4H3,(H,28,34)(H,29,33)(H,31,32). The molecule has 1 atom stereocenters. The molecule has 0 saturated carbocycles. The minimum Gasteiger partial charge on any atom is -0.481 e. The van der Waals surface area contributed by atoms with Gasteiger partial charge in [0, 0.05) is 17.9 Å². The van der Waals surface area contributed by atoms with Crippen LogP contribution in [-0.2, 0) is 14.3 Å². The Morgan fingerprint density at radius 3 is 2.14 bits per heavy atom. The van der Waals surface area contributed by atoms with Crippen LogP contribution >= 0.6 is 0 Å². The third-order valence-electron chi connectivity index (χ3n) is 6.24. The zero-order valence-corrected chi connectivity index (χ0v) is 20.8. The first-order chi connectivity index (χ1) is 16.6. The molecular formula is C27H35N3O5. The van der Waals surface area contributed by atoms with E-state index in [0.717, 1.165) is 22.3 Å². The number of fused-ring (bicyclic) bond motifs is 3. The van der Waals surface area contributed by atoms with Crippen molar-refractivity contribution in [2.75, 3.05) is 27.2 Å². The van der Waals surface area contributed by atoms with Gasteiger partial charge in [-0.3, -0.25) is 9.59 Å². The second-order valence-corrected chi connectivity index (χ2v) is 9.88. The van der Waals surface area contributed by atoms with Gasteiger partial charge in [-0.05, 0) is 69.6 Å². The number of benzene rings is 2. The number of hydrogen-bond donors (Lipinski definition) is 3. The number of nitrogens with one attached hydrogen (secondary N) is 2. The molecule has 2 amide bonds. The second-order valence-electron chi connectivity index (χ2n) is 9.88. The van der Waals surface area contributed by atoms with Crippen LogP contribution in [0.25, 0.3) is 11.1 Å². The third-order valence-corrected chi connectivity index (χ3v) is 6.24. The molecule has 8 heteroatoms. The highest BCUT2D eigenvalue weighted by molar-refractivity contribution is 5.86. The summed E-state index contributed by atoms with van der Waals surface area (Å²) < 4.78 is 5.61. The zero-order chi connectivity index (χ0) is 25.6. The summed E-state index contributed by atoms with van der Waals surface area (Å²) in [6, 6.07) is 15.4. The summed E-state index contributed by atoms with van der Waals surface area (Å²) in [5.41, 5.74) is 3.79. The van der Waals surface area contributed by atoms with Crippen molar-refractivity contribution in [1.29, 1.82) is 0 Å². The first-order valence-corrected chi connectivity index (χ1v) is 11.9. The number of aliphatic carboxylic acids is 1. The van der Waals surface area contributed by atoms with Crippen molar-refractivity contribution in [2.24, 2.45) is 0 Å². The van der Waals surface area contributed by atoms with E-state index >= 15 is 0 Å². The highest BCUT2D eigenvalue weighted by Gasteiger charge is 2.31. The number of rotatable bonds is 11. The minimum atomic E-state index is -0.923. The van der Waals surface area contributed by atoms with Crippen molar-refractivity contribution in [1.82, 2.24) is 15.5 Å². The predicted octanol–water partition coefficient (Wildman–Crippen LogP) is 3.61.